The predicted octanol–water partition coefficient (Wildman–Crippen LogP) is 3.33. The summed E-state index contributed by atoms with van der Waals surface area (Å²) in [6.07, 6.45) is 3.90. The number of nitrogens with one attached hydrogen (secondary N) is 3. The number of imidazole rings is 1. The standard InChI is InChI=1S/C26H32N8O/c1-14(2)28-22-18-11-27-26(33-12-15(3)29-16(4)13-33)32-23(18)34-20-8-6-5-7-19(20)31-24(34)21(22)25(35)30-17-9-10-17/h5-8,11,14-17,28-29H,9-10,12-13H2,1-4H3,(H,30,35). The van der Waals surface area contributed by atoms with Gasteiger partial charge in [0.1, 0.15) is 5.56 Å². The lowest BCUT2D eigenvalue weighted by atomic mass is 10.1. The summed E-state index contributed by atoms with van der Waals surface area (Å²) in [6.45, 7) is 10.2. The van der Waals surface area contributed by atoms with Crippen molar-refractivity contribution in [2.24, 2.45) is 0 Å². The van der Waals surface area contributed by atoms with Gasteiger partial charge in [-0.05, 0) is 52.7 Å². The van der Waals surface area contributed by atoms with Crippen LogP contribution in [0.5, 0.6) is 0 Å². The monoisotopic (exact) mass is 472 g/mol. The fourth-order valence-electron chi connectivity index (χ4n) is 5.15. The van der Waals surface area contributed by atoms with Gasteiger partial charge in [0.2, 0.25) is 5.95 Å². The van der Waals surface area contributed by atoms with Crippen LogP contribution in [-0.2, 0) is 0 Å². The van der Waals surface area contributed by atoms with Crippen LogP contribution in [-0.4, -0.2) is 62.5 Å². The van der Waals surface area contributed by atoms with E-state index >= 15 is 0 Å². The van der Waals surface area contributed by atoms with Gasteiger partial charge in [0.15, 0.2) is 11.3 Å². The number of anilines is 2. The van der Waals surface area contributed by atoms with E-state index in [1.54, 1.807) is 0 Å². The number of fused-ring (bicyclic) bond motifs is 5. The first kappa shape index (κ1) is 22.0. The Morgan fingerprint density at radius 1 is 1.09 bits per heavy atom. The summed E-state index contributed by atoms with van der Waals surface area (Å²) in [5.74, 6) is 0.592. The summed E-state index contributed by atoms with van der Waals surface area (Å²) in [6, 6.07) is 9.03. The van der Waals surface area contributed by atoms with Gasteiger partial charge in [-0.25, -0.2) is 9.97 Å². The Bertz CT molecular complexity index is 1430. The van der Waals surface area contributed by atoms with Crippen molar-refractivity contribution in [2.45, 2.75) is 64.7 Å². The van der Waals surface area contributed by atoms with Gasteiger partial charge in [-0.1, -0.05) is 12.1 Å². The number of hydrogen-bond donors (Lipinski definition) is 3. The number of rotatable bonds is 5. The Kier molecular flexibility index (Phi) is 5.25. The number of hydrogen-bond acceptors (Lipinski definition) is 7. The summed E-state index contributed by atoms with van der Waals surface area (Å²) >= 11 is 0. The smallest absolute Gasteiger partial charge is 0.257 e. The third-order valence-electron chi connectivity index (χ3n) is 6.68. The number of carbonyl (C=O) groups is 1. The van der Waals surface area contributed by atoms with E-state index in [9.17, 15) is 4.79 Å². The highest BCUT2D eigenvalue weighted by Gasteiger charge is 2.30. The Hall–Kier alpha value is -3.46. The third kappa shape index (κ3) is 3.93. The summed E-state index contributed by atoms with van der Waals surface area (Å²) in [5, 5.41) is 11.1. The first-order chi connectivity index (χ1) is 16.9. The average Bonchev–Trinajstić information content (AvgIpc) is 3.54. The molecule has 182 valence electrons. The summed E-state index contributed by atoms with van der Waals surface area (Å²) in [5.41, 5.74) is 4.42. The van der Waals surface area contributed by atoms with E-state index in [0.29, 0.717) is 29.2 Å². The molecule has 2 fully saturated rings. The van der Waals surface area contributed by atoms with Crippen molar-refractivity contribution in [3.05, 3.63) is 36.0 Å². The quantitative estimate of drug-likeness (QED) is 0.410. The molecule has 1 aliphatic heterocycles. The van der Waals surface area contributed by atoms with Crippen LogP contribution in [0.15, 0.2) is 30.5 Å². The van der Waals surface area contributed by atoms with E-state index in [2.05, 4.69) is 48.5 Å². The molecule has 9 nitrogen and oxygen atoms in total. The topological polar surface area (TPSA) is 99.5 Å². The van der Waals surface area contributed by atoms with E-state index in [0.717, 1.165) is 53.7 Å². The minimum Gasteiger partial charge on any atom is -0.381 e. The molecule has 4 heterocycles. The molecule has 0 bridgehead atoms. The average molecular weight is 473 g/mol. The van der Waals surface area contributed by atoms with Gasteiger partial charge in [-0.15, -0.1) is 0 Å². The first-order valence-electron chi connectivity index (χ1n) is 12.6. The van der Waals surface area contributed by atoms with Crippen molar-refractivity contribution in [1.29, 1.82) is 0 Å². The van der Waals surface area contributed by atoms with Crippen LogP contribution in [0.25, 0.3) is 27.7 Å². The van der Waals surface area contributed by atoms with Crippen molar-refractivity contribution < 1.29 is 4.79 Å². The number of nitrogens with zero attached hydrogens (tertiary/aromatic N) is 5. The SMILES string of the molecule is CC(C)Nc1c(C(=O)NC2CC2)c2nc3ccccc3n2c2nc(N3CC(C)NC(C)C3)ncc12. The summed E-state index contributed by atoms with van der Waals surface area (Å²) in [7, 11) is 0. The highest BCUT2D eigenvalue weighted by molar-refractivity contribution is 6.13. The van der Waals surface area contributed by atoms with Crippen LogP contribution in [0.3, 0.4) is 0 Å². The normalized spacial score (nSPS) is 20.8. The lowest BCUT2D eigenvalue weighted by Crippen LogP contribution is -2.54. The second-order valence-electron chi connectivity index (χ2n) is 10.3. The highest BCUT2D eigenvalue weighted by atomic mass is 16.1. The Balaban J connectivity index is 1.64. The number of piperazine rings is 1. The lowest BCUT2D eigenvalue weighted by Gasteiger charge is -2.36. The molecule has 0 spiro atoms. The molecule has 9 heteroatoms. The van der Waals surface area contributed by atoms with E-state index in [-0.39, 0.29) is 18.0 Å². The molecular formula is C26H32N8O. The second-order valence-corrected chi connectivity index (χ2v) is 10.3. The molecule has 35 heavy (non-hydrogen) atoms. The van der Waals surface area contributed by atoms with Crippen LogP contribution >= 0.6 is 0 Å². The number of pyridine rings is 1. The molecule has 2 aliphatic rings. The van der Waals surface area contributed by atoms with Crippen LogP contribution in [0.2, 0.25) is 0 Å². The molecule has 0 radical (unpaired) electrons. The first-order valence-corrected chi connectivity index (χ1v) is 12.6. The molecule has 2 unspecified atom stereocenters. The Morgan fingerprint density at radius 3 is 2.54 bits per heavy atom. The molecule has 1 amide bonds. The molecule has 2 atom stereocenters. The fourth-order valence-corrected chi connectivity index (χ4v) is 5.15. The zero-order chi connectivity index (χ0) is 24.3. The maximum Gasteiger partial charge on any atom is 0.257 e. The maximum atomic E-state index is 13.6. The van der Waals surface area contributed by atoms with Gasteiger partial charge >= 0.3 is 0 Å². The maximum absolute atomic E-state index is 13.6. The van der Waals surface area contributed by atoms with E-state index in [4.69, 9.17) is 15.0 Å². The van der Waals surface area contributed by atoms with Crippen LogP contribution < -0.4 is 20.9 Å². The molecule has 3 aromatic heterocycles. The number of aromatic nitrogens is 4. The number of para-hydroxylation sites is 2. The van der Waals surface area contributed by atoms with Gasteiger partial charge < -0.3 is 20.9 Å². The van der Waals surface area contributed by atoms with Crippen molar-refractivity contribution >= 4 is 45.3 Å². The molecule has 6 rings (SSSR count). The van der Waals surface area contributed by atoms with E-state index < -0.39 is 0 Å². The number of benzene rings is 1. The fraction of sp³-hybridized carbons (Fsp3) is 0.462. The third-order valence-corrected chi connectivity index (χ3v) is 6.68. The summed E-state index contributed by atoms with van der Waals surface area (Å²) in [4.78, 5) is 30.6. The molecule has 1 saturated heterocycles. The van der Waals surface area contributed by atoms with Gasteiger partial charge in [-0.2, -0.15) is 4.98 Å². The number of carbonyl (C=O) groups excluding carboxylic acids is 1. The largest absolute Gasteiger partial charge is 0.381 e. The Morgan fingerprint density at radius 2 is 1.83 bits per heavy atom. The molecule has 3 N–H and O–H groups in total. The predicted molar refractivity (Wildman–Crippen MR) is 139 cm³/mol. The molecule has 4 aromatic rings. The zero-order valence-electron chi connectivity index (χ0n) is 20.7. The van der Waals surface area contributed by atoms with Crippen molar-refractivity contribution in [2.75, 3.05) is 23.3 Å². The van der Waals surface area contributed by atoms with Gasteiger partial charge in [0, 0.05) is 43.5 Å². The van der Waals surface area contributed by atoms with Gasteiger partial charge in [0.05, 0.1) is 22.1 Å². The van der Waals surface area contributed by atoms with E-state index in [1.807, 2.05) is 34.9 Å². The molecule has 1 aromatic carbocycles. The molecule has 1 aliphatic carbocycles. The van der Waals surface area contributed by atoms with Crippen molar-refractivity contribution in [1.82, 2.24) is 30.0 Å². The van der Waals surface area contributed by atoms with Crippen LogP contribution in [0.4, 0.5) is 11.6 Å². The summed E-state index contributed by atoms with van der Waals surface area (Å²) < 4.78 is 2.03. The Labute approximate surface area is 204 Å². The van der Waals surface area contributed by atoms with Crippen molar-refractivity contribution in [3.63, 3.8) is 0 Å². The molecular weight excluding hydrogens is 440 g/mol. The number of amides is 1. The van der Waals surface area contributed by atoms with E-state index in [1.165, 1.54) is 0 Å². The second kappa shape index (κ2) is 8.34. The minimum atomic E-state index is -0.105. The highest BCUT2D eigenvalue weighted by Crippen LogP contribution is 2.35. The molecule has 1 saturated carbocycles. The van der Waals surface area contributed by atoms with Gasteiger partial charge in [0.25, 0.3) is 5.91 Å². The van der Waals surface area contributed by atoms with Gasteiger partial charge in [-0.3, -0.25) is 9.20 Å². The minimum absolute atomic E-state index is 0.105. The van der Waals surface area contributed by atoms with Crippen LogP contribution in [0.1, 0.15) is 50.9 Å². The van der Waals surface area contributed by atoms with Crippen molar-refractivity contribution in [3.8, 4) is 0 Å². The lowest BCUT2D eigenvalue weighted by molar-refractivity contribution is 0.0953. The van der Waals surface area contributed by atoms with Crippen LogP contribution in [0, 0.1) is 0 Å². The zero-order valence-corrected chi connectivity index (χ0v) is 20.7.